The minimum atomic E-state index is -0.653. The molecule has 0 radical (unpaired) electrons. The van der Waals surface area contributed by atoms with Crippen molar-refractivity contribution in [3.63, 3.8) is 0 Å². The summed E-state index contributed by atoms with van der Waals surface area (Å²) in [5.41, 5.74) is 5.79. The zero-order valence-electron chi connectivity index (χ0n) is 11.8. The monoisotopic (exact) mass is 331 g/mol. The molecule has 1 aliphatic rings. The molecule has 1 heterocycles. The van der Waals surface area contributed by atoms with E-state index in [0.29, 0.717) is 40.9 Å². The summed E-state index contributed by atoms with van der Waals surface area (Å²) >= 11 is 12.0. The molecule has 21 heavy (non-hydrogen) atoms. The fourth-order valence-electron chi connectivity index (χ4n) is 2.40. The number of β-amino-alcohol motifs (C(OH)–C–C–N with tert-alkyl or cyclic N) is 1. The van der Waals surface area contributed by atoms with Gasteiger partial charge in [-0.25, -0.2) is 0 Å². The molecule has 0 aliphatic carbocycles. The molecule has 116 valence electrons. The minimum absolute atomic E-state index is 0.171. The van der Waals surface area contributed by atoms with Crippen LogP contribution in [0.15, 0.2) is 12.1 Å². The number of likely N-dealkylation sites (tertiary alicyclic amines) is 1. The summed E-state index contributed by atoms with van der Waals surface area (Å²) in [6, 6.07) is 3.08. The molecule has 0 spiro atoms. The number of nitrogens with zero attached hydrogens (tertiary/aromatic N) is 1. The maximum Gasteiger partial charge on any atom is 0.225 e. The Labute approximate surface area is 134 Å². The van der Waals surface area contributed by atoms with Crippen LogP contribution in [0.3, 0.4) is 0 Å². The van der Waals surface area contributed by atoms with Gasteiger partial charge in [-0.3, -0.25) is 9.69 Å². The van der Waals surface area contributed by atoms with E-state index >= 15 is 0 Å². The van der Waals surface area contributed by atoms with Crippen molar-refractivity contribution < 1.29 is 9.90 Å². The maximum atomic E-state index is 12.0. The number of aliphatic hydroxyl groups is 1. The number of nitrogen functional groups attached to an aromatic ring is 1. The second-order valence-corrected chi connectivity index (χ2v) is 6.50. The molecule has 1 aromatic carbocycles. The number of amides is 1. The third-order valence-electron chi connectivity index (χ3n) is 3.51. The molecule has 1 saturated heterocycles. The molecule has 0 saturated carbocycles. The zero-order chi connectivity index (χ0) is 15.6. The van der Waals surface area contributed by atoms with Crippen LogP contribution in [0.1, 0.15) is 19.8 Å². The fourth-order valence-corrected chi connectivity index (χ4v) is 3.00. The Balaban J connectivity index is 1.88. The average molecular weight is 332 g/mol. The average Bonchev–Trinajstić information content (AvgIpc) is 2.71. The topological polar surface area (TPSA) is 78.6 Å². The summed E-state index contributed by atoms with van der Waals surface area (Å²) in [5.74, 6) is -0.171. The summed E-state index contributed by atoms with van der Waals surface area (Å²) in [4.78, 5) is 14.0. The molecule has 0 bridgehead atoms. The van der Waals surface area contributed by atoms with Gasteiger partial charge in [-0.1, -0.05) is 23.2 Å². The lowest BCUT2D eigenvalue weighted by Crippen LogP contribution is -2.31. The number of rotatable bonds is 4. The van der Waals surface area contributed by atoms with Gasteiger partial charge in [0.25, 0.3) is 0 Å². The number of anilines is 2. The summed E-state index contributed by atoms with van der Waals surface area (Å²) in [6.07, 6.45) is 1.04. The van der Waals surface area contributed by atoms with E-state index in [4.69, 9.17) is 28.9 Å². The molecule has 0 aromatic heterocycles. The summed E-state index contributed by atoms with van der Waals surface area (Å²) in [7, 11) is 0. The number of carbonyl (C=O) groups excluding carboxylic acids is 1. The van der Waals surface area contributed by atoms with E-state index in [-0.39, 0.29) is 5.91 Å². The molecule has 4 N–H and O–H groups in total. The highest BCUT2D eigenvalue weighted by Crippen LogP contribution is 2.32. The van der Waals surface area contributed by atoms with E-state index in [9.17, 15) is 9.90 Å². The lowest BCUT2D eigenvalue weighted by molar-refractivity contribution is -0.116. The first-order valence-electron chi connectivity index (χ1n) is 6.76. The second kappa shape index (κ2) is 6.40. The number of nitrogens with two attached hydrogens (primary N) is 1. The summed E-state index contributed by atoms with van der Waals surface area (Å²) in [5, 5.41) is 13.2. The predicted molar refractivity (Wildman–Crippen MR) is 85.8 cm³/mol. The van der Waals surface area contributed by atoms with Gasteiger partial charge in [-0.2, -0.15) is 0 Å². The van der Waals surface area contributed by atoms with Crippen LogP contribution in [0.2, 0.25) is 10.0 Å². The lowest BCUT2D eigenvalue weighted by Gasteiger charge is -2.18. The van der Waals surface area contributed by atoms with E-state index in [1.54, 1.807) is 19.1 Å². The Morgan fingerprint density at radius 2 is 2.10 bits per heavy atom. The van der Waals surface area contributed by atoms with Crippen LogP contribution in [0.4, 0.5) is 11.4 Å². The first kappa shape index (κ1) is 16.4. The highest BCUT2D eigenvalue weighted by atomic mass is 35.5. The van der Waals surface area contributed by atoms with Crippen molar-refractivity contribution in [1.82, 2.24) is 4.90 Å². The largest absolute Gasteiger partial charge is 0.399 e. The van der Waals surface area contributed by atoms with Crippen LogP contribution in [-0.4, -0.2) is 41.1 Å². The van der Waals surface area contributed by atoms with Crippen molar-refractivity contribution >= 4 is 40.5 Å². The van der Waals surface area contributed by atoms with Crippen molar-refractivity contribution in [3.8, 4) is 0 Å². The van der Waals surface area contributed by atoms with E-state index in [1.807, 2.05) is 0 Å². The first-order chi connectivity index (χ1) is 9.77. The quantitative estimate of drug-likeness (QED) is 0.740. The van der Waals surface area contributed by atoms with Gasteiger partial charge < -0.3 is 16.2 Å². The number of hydrogen-bond donors (Lipinski definition) is 3. The summed E-state index contributed by atoms with van der Waals surface area (Å²) in [6.45, 7) is 3.78. The van der Waals surface area contributed by atoms with Crippen LogP contribution in [-0.2, 0) is 4.79 Å². The number of hydrogen-bond acceptors (Lipinski definition) is 4. The number of nitrogens with one attached hydrogen (secondary N) is 1. The Bertz CT molecular complexity index is 526. The molecule has 1 aromatic rings. The van der Waals surface area contributed by atoms with E-state index in [0.717, 1.165) is 13.0 Å². The molecule has 7 heteroatoms. The van der Waals surface area contributed by atoms with Gasteiger partial charge >= 0.3 is 0 Å². The van der Waals surface area contributed by atoms with Gasteiger partial charge in [-0.05, 0) is 25.5 Å². The number of halogens is 2. The molecule has 1 fully saturated rings. The SMILES string of the molecule is CC1(O)CCN(CCC(=O)Nc2c(Cl)cc(N)cc2Cl)C1. The Hall–Kier alpha value is -1.01. The van der Waals surface area contributed by atoms with Gasteiger partial charge in [0.1, 0.15) is 0 Å². The van der Waals surface area contributed by atoms with Gasteiger partial charge in [0.2, 0.25) is 5.91 Å². The normalized spacial score (nSPS) is 22.5. The molecule has 1 atom stereocenters. The fraction of sp³-hybridized carbons (Fsp3) is 0.500. The van der Waals surface area contributed by atoms with Gasteiger partial charge in [0, 0.05) is 31.7 Å². The van der Waals surface area contributed by atoms with E-state index in [2.05, 4.69) is 10.2 Å². The lowest BCUT2D eigenvalue weighted by atomic mass is 10.1. The highest BCUT2D eigenvalue weighted by Gasteiger charge is 2.31. The molecule has 1 unspecified atom stereocenters. The van der Waals surface area contributed by atoms with Crippen molar-refractivity contribution in [3.05, 3.63) is 22.2 Å². The van der Waals surface area contributed by atoms with Crippen LogP contribution in [0.25, 0.3) is 0 Å². The molecule has 1 aliphatic heterocycles. The highest BCUT2D eigenvalue weighted by molar-refractivity contribution is 6.40. The number of benzene rings is 1. The van der Waals surface area contributed by atoms with Gasteiger partial charge in [-0.15, -0.1) is 0 Å². The predicted octanol–water partition coefficient (Wildman–Crippen LogP) is 2.36. The van der Waals surface area contributed by atoms with Crippen molar-refractivity contribution in [1.29, 1.82) is 0 Å². The standard InChI is InChI=1S/C14H19Cl2N3O2/c1-14(21)3-5-19(8-14)4-2-12(20)18-13-10(15)6-9(17)7-11(13)16/h6-7,21H,2-5,8,17H2,1H3,(H,18,20). The van der Waals surface area contributed by atoms with E-state index < -0.39 is 5.60 Å². The Morgan fingerprint density at radius 3 is 2.62 bits per heavy atom. The van der Waals surface area contributed by atoms with Crippen molar-refractivity contribution in [2.75, 3.05) is 30.7 Å². The molecular formula is C14H19Cl2N3O2. The van der Waals surface area contributed by atoms with Crippen molar-refractivity contribution in [2.45, 2.75) is 25.4 Å². The smallest absolute Gasteiger partial charge is 0.225 e. The number of carbonyl (C=O) groups is 1. The molecule has 1 amide bonds. The molecule has 2 rings (SSSR count). The second-order valence-electron chi connectivity index (χ2n) is 5.68. The minimum Gasteiger partial charge on any atom is -0.399 e. The van der Waals surface area contributed by atoms with Gasteiger partial charge in [0.15, 0.2) is 0 Å². The van der Waals surface area contributed by atoms with E-state index in [1.165, 1.54) is 0 Å². The summed E-state index contributed by atoms with van der Waals surface area (Å²) < 4.78 is 0. The first-order valence-corrected chi connectivity index (χ1v) is 7.51. The van der Waals surface area contributed by atoms with Gasteiger partial charge in [0.05, 0.1) is 21.3 Å². The maximum absolute atomic E-state index is 12.0. The third-order valence-corrected chi connectivity index (χ3v) is 4.11. The zero-order valence-corrected chi connectivity index (χ0v) is 13.3. The molecular weight excluding hydrogens is 313 g/mol. The van der Waals surface area contributed by atoms with Crippen LogP contribution < -0.4 is 11.1 Å². The Morgan fingerprint density at radius 1 is 1.48 bits per heavy atom. The molecule has 5 nitrogen and oxygen atoms in total. The third kappa shape index (κ3) is 4.48. The van der Waals surface area contributed by atoms with Crippen LogP contribution in [0, 0.1) is 0 Å². The Kier molecular flexibility index (Phi) is 4.99. The van der Waals surface area contributed by atoms with Crippen LogP contribution >= 0.6 is 23.2 Å². The van der Waals surface area contributed by atoms with Crippen LogP contribution in [0.5, 0.6) is 0 Å². The van der Waals surface area contributed by atoms with Crippen molar-refractivity contribution in [2.24, 2.45) is 0 Å².